The van der Waals surface area contributed by atoms with E-state index in [1.165, 1.54) is 0 Å². The van der Waals surface area contributed by atoms with Crippen molar-refractivity contribution in [2.24, 2.45) is 0 Å². The average molecular weight is 467 g/mol. The highest BCUT2D eigenvalue weighted by Gasteiger charge is 2.16. The third kappa shape index (κ3) is 6.18. The Morgan fingerprint density at radius 3 is 2.43 bits per heavy atom. The summed E-state index contributed by atoms with van der Waals surface area (Å²) in [4.78, 5) is 12.2. The van der Waals surface area contributed by atoms with Gasteiger partial charge in [-0.1, -0.05) is 48.5 Å². The molecule has 4 aromatic rings. The van der Waals surface area contributed by atoms with Crippen LogP contribution in [-0.4, -0.2) is 22.4 Å². The van der Waals surface area contributed by atoms with Crippen LogP contribution in [0.1, 0.15) is 23.2 Å². The van der Waals surface area contributed by atoms with Crippen LogP contribution in [0.15, 0.2) is 84.9 Å². The van der Waals surface area contributed by atoms with Crippen molar-refractivity contribution in [3.05, 3.63) is 102 Å². The second-order valence-electron chi connectivity index (χ2n) is 7.84. The fourth-order valence-electron chi connectivity index (χ4n) is 3.59. The summed E-state index contributed by atoms with van der Waals surface area (Å²) >= 11 is 0. The van der Waals surface area contributed by atoms with Gasteiger partial charge in [0, 0.05) is 13.1 Å². The van der Waals surface area contributed by atoms with Gasteiger partial charge in [0.15, 0.2) is 0 Å². The second kappa shape index (κ2) is 11.4. The molecule has 0 saturated carbocycles. The Bertz CT molecular complexity index is 1310. The number of urea groups is 1. The highest BCUT2D eigenvalue weighted by Crippen LogP contribution is 2.22. The van der Waals surface area contributed by atoms with E-state index in [2.05, 4.69) is 21.8 Å². The minimum absolute atomic E-state index is 0.269. The quantitative estimate of drug-likeness (QED) is 0.313. The summed E-state index contributed by atoms with van der Waals surface area (Å²) in [6.07, 6.45) is 1.14. The van der Waals surface area contributed by atoms with E-state index < -0.39 is 0 Å². The summed E-state index contributed by atoms with van der Waals surface area (Å²) in [5.41, 5.74) is 8.85. The lowest BCUT2D eigenvalue weighted by atomic mass is 10.1. The molecule has 4 N–H and O–H groups in total. The van der Waals surface area contributed by atoms with Crippen LogP contribution in [0, 0.1) is 11.3 Å². The Balaban J connectivity index is 1.24. The Morgan fingerprint density at radius 1 is 0.971 bits per heavy atom. The molecule has 2 amide bonds. The number of nitrogen functional groups attached to an aromatic ring is 1. The van der Waals surface area contributed by atoms with Gasteiger partial charge in [-0.2, -0.15) is 10.4 Å². The van der Waals surface area contributed by atoms with E-state index in [-0.39, 0.29) is 6.03 Å². The molecule has 0 aliphatic rings. The summed E-state index contributed by atoms with van der Waals surface area (Å²) < 4.78 is 7.41. The molecule has 176 valence electrons. The van der Waals surface area contributed by atoms with Crippen molar-refractivity contribution < 1.29 is 9.53 Å². The fourth-order valence-corrected chi connectivity index (χ4v) is 3.59. The number of para-hydroxylation sites is 2. The van der Waals surface area contributed by atoms with Gasteiger partial charge in [-0.15, -0.1) is 0 Å². The number of hydrogen-bond donors (Lipinski definition) is 3. The second-order valence-corrected chi connectivity index (χ2v) is 7.84. The zero-order valence-electron chi connectivity index (χ0n) is 19.1. The maximum absolute atomic E-state index is 12.2. The molecule has 35 heavy (non-hydrogen) atoms. The Kier molecular flexibility index (Phi) is 7.61. The number of aromatic nitrogens is 2. The number of benzene rings is 3. The number of carbonyl (C=O) groups is 1. The Morgan fingerprint density at radius 2 is 1.69 bits per heavy atom. The zero-order chi connectivity index (χ0) is 24.5. The van der Waals surface area contributed by atoms with Crippen molar-refractivity contribution in [1.82, 2.24) is 20.4 Å². The topological polar surface area (TPSA) is 118 Å². The van der Waals surface area contributed by atoms with Crippen molar-refractivity contribution in [2.45, 2.75) is 19.4 Å². The van der Waals surface area contributed by atoms with E-state index in [0.717, 1.165) is 17.0 Å². The summed E-state index contributed by atoms with van der Waals surface area (Å²) in [6.45, 7) is 0.806. The lowest BCUT2D eigenvalue weighted by molar-refractivity contribution is 0.240. The maximum atomic E-state index is 12.2. The number of nitriles is 1. The lowest BCUT2D eigenvalue weighted by Crippen LogP contribution is -2.35. The SMILES string of the molecule is N#Cc1c(CCCNC(=O)NCc2cccc(Oc3ccccc3)c2)nn(-c2ccccc2)c1N. The molecular formula is C27H26N6O2. The molecule has 0 unspecified atom stereocenters. The monoisotopic (exact) mass is 466 g/mol. The van der Waals surface area contributed by atoms with Crippen molar-refractivity contribution in [1.29, 1.82) is 5.26 Å². The number of hydrogen-bond acceptors (Lipinski definition) is 5. The largest absolute Gasteiger partial charge is 0.457 e. The molecule has 0 spiro atoms. The van der Waals surface area contributed by atoms with Gasteiger partial charge in [0.05, 0.1) is 11.4 Å². The van der Waals surface area contributed by atoms with Gasteiger partial charge in [-0.3, -0.25) is 0 Å². The number of aryl methyl sites for hydroxylation is 1. The molecule has 0 atom stereocenters. The van der Waals surface area contributed by atoms with E-state index in [4.69, 9.17) is 10.5 Å². The van der Waals surface area contributed by atoms with Crippen molar-refractivity contribution in [2.75, 3.05) is 12.3 Å². The third-order valence-electron chi connectivity index (χ3n) is 5.31. The first-order valence-corrected chi connectivity index (χ1v) is 11.3. The summed E-state index contributed by atoms with van der Waals surface area (Å²) in [6, 6.07) is 28.4. The summed E-state index contributed by atoms with van der Waals surface area (Å²) in [5.74, 6) is 1.78. The smallest absolute Gasteiger partial charge is 0.315 e. The van der Waals surface area contributed by atoms with Crippen molar-refractivity contribution in [3.8, 4) is 23.3 Å². The van der Waals surface area contributed by atoms with Crippen LogP contribution < -0.4 is 21.1 Å². The zero-order valence-corrected chi connectivity index (χ0v) is 19.1. The predicted molar refractivity (Wildman–Crippen MR) is 134 cm³/mol. The van der Waals surface area contributed by atoms with E-state index >= 15 is 0 Å². The van der Waals surface area contributed by atoms with Crippen molar-refractivity contribution >= 4 is 11.8 Å². The summed E-state index contributed by atoms with van der Waals surface area (Å²) in [5, 5.41) is 19.7. The minimum Gasteiger partial charge on any atom is -0.457 e. The average Bonchev–Trinajstić information content (AvgIpc) is 3.21. The van der Waals surface area contributed by atoms with Gasteiger partial charge in [-0.25, -0.2) is 9.48 Å². The number of anilines is 1. The lowest BCUT2D eigenvalue weighted by Gasteiger charge is -2.10. The van der Waals surface area contributed by atoms with Gasteiger partial charge in [-0.05, 0) is 54.8 Å². The van der Waals surface area contributed by atoms with Crippen LogP contribution in [0.25, 0.3) is 5.69 Å². The van der Waals surface area contributed by atoms with Gasteiger partial charge in [0.1, 0.15) is 28.9 Å². The molecule has 8 heteroatoms. The first kappa shape index (κ1) is 23.4. The van der Waals surface area contributed by atoms with E-state index in [1.54, 1.807) is 4.68 Å². The molecule has 3 aromatic carbocycles. The van der Waals surface area contributed by atoms with Crippen LogP contribution in [0.5, 0.6) is 11.5 Å². The number of amides is 2. The van der Waals surface area contributed by atoms with Gasteiger partial charge >= 0.3 is 6.03 Å². The number of nitrogens with two attached hydrogens (primary N) is 1. The first-order valence-electron chi connectivity index (χ1n) is 11.3. The molecule has 0 saturated heterocycles. The van der Waals surface area contributed by atoms with Crippen LogP contribution in [0.3, 0.4) is 0 Å². The Labute approximate surface area is 204 Å². The molecular weight excluding hydrogens is 440 g/mol. The highest BCUT2D eigenvalue weighted by molar-refractivity contribution is 5.73. The van der Waals surface area contributed by atoms with Gasteiger partial charge < -0.3 is 21.1 Å². The minimum atomic E-state index is -0.269. The van der Waals surface area contributed by atoms with E-state index in [9.17, 15) is 10.1 Å². The third-order valence-corrected chi connectivity index (χ3v) is 5.31. The number of carbonyl (C=O) groups excluding carboxylic acids is 1. The van der Waals surface area contributed by atoms with Crippen LogP contribution >= 0.6 is 0 Å². The summed E-state index contributed by atoms with van der Waals surface area (Å²) in [7, 11) is 0. The standard InChI is InChI=1S/C27H26N6O2/c28-18-24-25(32-33(26(24)29)21-10-3-1-4-11-21)15-8-16-30-27(34)31-19-20-9-7-14-23(17-20)35-22-12-5-2-6-13-22/h1-7,9-14,17H,8,15-16,19,29H2,(H2,30,31,34). The predicted octanol–water partition coefficient (Wildman–Crippen LogP) is 4.55. The normalized spacial score (nSPS) is 10.4. The molecule has 0 bridgehead atoms. The maximum Gasteiger partial charge on any atom is 0.315 e. The number of nitrogens with one attached hydrogen (secondary N) is 2. The number of rotatable bonds is 9. The Hall–Kier alpha value is -4.77. The van der Waals surface area contributed by atoms with Crippen molar-refractivity contribution in [3.63, 3.8) is 0 Å². The molecule has 1 heterocycles. The number of nitrogens with zero attached hydrogens (tertiary/aromatic N) is 3. The first-order chi connectivity index (χ1) is 17.1. The van der Waals surface area contributed by atoms with Gasteiger partial charge in [0.25, 0.3) is 0 Å². The molecule has 8 nitrogen and oxygen atoms in total. The van der Waals surface area contributed by atoms with E-state index in [0.29, 0.717) is 48.8 Å². The highest BCUT2D eigenvalue weighted by atomic mass is 16.5. The van der Waals surface area contributed by atoms with Crippen LogP contribution in [0.2, 0.25) is 0 Å². The molecule has 0 aliphatic carbocycles. The number of ether oxygens (including phenoxy) is 1. The molecule has 0 radical (unpaired) electrons. The fraction of sp³-hybridized carbons (Fsp3) is 0.148. The molecule has 4 rings (SSSR count). The molecule has 1 aromatic heterocycles. The molecule has 0 fully saturated rings. The van der Waals surface area contributed by atoms with Crippen LogP contribution in [0.4, 0.5) is 10.6 Å². The van der Waals surface area contributed by atoms with Crippen LogP contribution in [-0.2, 0) is 13.0 Å². The molecule has 0 aliphatic heterocycles. The van der Waals surface area contributed by atoms with Gasteiger partial charge in [0.2, 0.25) is 0 Å². The van der Waals surface area contributed by atoms with E-state index in [1.807, 2.05) is 84.9 Å².